The van der Waals surface area contributed by atoms with Crippen molar-refractivity contribution in [3.63, 3.8) is 0 Å². The third-order valence-electron chi connectivity index (χ3n) is 3.95. The number of anilines is 2. The highest BCUT2D eigenvalue weighted by Gasteiger charge is 2.17. The lowest BCUT2D eigenvalue weighted by Gasteiger charge is -2.14. The van der Waals surface area contributed by atoms with Gasteiger partial charge in [0.15, 0.2) is 9.84 Å². The molecule has 1 heterocycles. The number of benzene rings is 2. The number of nitrogens with zero attached hydrogens (tertiary/aromatic N) is 2. The molecule has 0 aliphatic rings. The molecule has 0 radical (unpaired) electrons. The topological polar surface area (TPSA) is 121 Å². The molecule has 9 heteroatoms. The van der Waals surface area contributed by atoms with E-state index in [1.54, 1.807) is 30.3 Å². The molecule has 0 unspecified atom stereocenters. The Balaban J connectivity index is 2.21. The Bertz CT molecular complexity index is 1120. The zero-order valence-corrected chi connectivity index (χ0v) is 16.2. The summed E-state index contributed by atoms with van der Waals surface area (Å²) in [5.41, 5.74) is 14.2. The summed E-state index contributed by atoms with van der Waals surface area (Å²) in [6.45, 7) is 0. The summed E-state index contributed by atoms with van der Waals surface area (Å²) in [5, 5.41) is 0.407. The van der Waals surface area contributed by atoms with Crippen molar-refractivity contribution in [2.45, 2.75) is 4.90 Å². The lowest BCUT2D eigenvalue weighted by molar-refractivity contribution is 0.415. The molecule has 0 aliphatic heterocycles. The second-order valence-corrected chi connectivity index (χ2v) is 8.26. The number of sulfone groups is 1. The molecule has 0 saturated carbocycles. The van der Waals surface area contributed by atoms with E-state index in [-0.39, 0.29) is 16.7 Å². The molecule has 3 rings (SSSR count). The number of halogens is 1. The number of rotatable bonds is 4. The Labute approximate surface area is 161 Å². The van der Waals surface area contributed by atoms with E-state index in [1.165, 1.54) is 19.2 Å². The van der Waals surface area contributed by atoms with Crippen molar-refractivity contribution in [3.05, 3.63) is 47.5 Å². The van der Waals surface area contributed by atoms with Crippen molar-refractivity contribution in [2.24, 2.45) is 0 Å². The molecule has 0 bridgehead atoms. The minimum atomic E-state index is -3.31. The van der Waals surface area contributed by atoms with Gasteiger partial charge in [0, 0.05) is 11.8 Å². The molecule has 7 nitrogen and oxygen atoms in total. The molecule has 0 amide bonds. The quantitative estimate of drug-likeness (QED) is 0.685. The van der Waals surface area contributed by atoms with Crippen LogP contribution in [0.1, 0.15) is 0 Å². The summed E-state index contributed by atoms with van der Waals surface area (Å²) in [5.74, 6) is 0.721. The van der Waals surface area contributed by atoms with Gasteiger partial charge in [-0.05, 0) is 29.8 Å². The summed E-state index contributed by atoms with van der Waals surface area (Å²) in [7, 11) is -1.78. The lowest BCUT2D eigenvalue weighted by Crippen LogP contribution is -2.05. The molecule has 140 valence electrons. The third kappa shape index (κ3) is 3.81. The zero-order chi connectivity index (χ0) is 19.8. The highest BCUT2D eigenvalue weighted by Crippen LogP contribution is 2.38. The molecule has 0 fully saturated rings. The molecule has 0 spiro atoms. The highest BCUT2D eigenvalue weighted by atomic mass is 35.5. The lowest BCUT2D eigenvalue weighted by atomic mass is 9.99. The van der Waals surface area contributed by atoms with Gasteiger partial charge >= 0.3 is 0 Å². The molecule has 4 N–H and O–H groups in total. The van der Waals surface area contributed by atoms with Crippen LogP contribution in [-0.4, -0.2) is 31.8 Å². The Kier molecular flexibility index (Phi) is 4.95. The van der Waals surface area contributed by atoms with Crippen LogP contribution in [0.2, 0.25) is 5.02 Å². The normalized spacial score (nSPS) is 11.4. The number of hydrogen-bond acceptors (Lipinski definition) is 7. The maximum atomic E-state index is 11.7. The van der Waals surface area contributed by atoms with Crippen LogP contribution < -0.4 is 16.2 Å². The molecule has 0 saturated heterocycles. The van der Waals surface area contributed by atoms with Crippen LogP contribution in [0.15, 0.2) is 47.4 Å². The molecule has 0 atom stereocenters. The van der Waals surface area contributed by atoms with Crippen LogP contribution >= 0.6 is 11.6 Å². The Morgan fingerprint density at radius 1 is 1.00 bits per heavy atom. The van der Waals surface area contributed by atoms with E-state index in [0.29, 0.717) is 33.2 Å². The van der Waals surface area contributed by atoms with E-state index in [2.05, 4.69) is 9.97 Å². The van der Waals surface area contributed by atoms with E-state index < -0.39 is 9.84 Å². The average molecular weight is 405 g/mol. The largest absolute Gasteiger partial charge is 0.495 e. The first kappa shape index (κ1) is 18.9. The summed E-state index contributed by atoms with van der Waals surface area (Å²) in [4.78, 5) is 8.55. The first-order valence-corrected chi connectivity index (χ1v) is 10.0. The van der Waals surface area contributed by atoms with Crippen LogP contribution in [0.5, 0.6) is 5.75 Å². The molecule has 2 aromatic carbocycles. The van der Waals surface area contributed by atoms with Gasteiger partial charge in [0.2, 0.25) is 5.95 Å². The van der Waals surface area contributed by atoms with Crippen molar-refractivity contribution in [1.82, 2.24) is 9.97 Å². The fraction of sp³-hybridized carbons (Fsp3) is 0.111. The van der Waals surface area contributed by atoms with Gasteiger partial charge in [-0.3, -0.25) is 0 Å². The highest BCUT2D eigenvalue weighted by molar-refractivity contribution is 7.90. The number of nitrogens with two attached hydrogens (primary N) is 2. The van der Waals surface area contributed by atoms with Gasteiger partial charge in [0.1, 0.15) is 11.6 Å². The monoisotopic (exact) mass is 404 g/mol. The smallest absolute Gasteiger partial charge is 0.222 e. The number of ether oxygens (including phenoxy) is 1. The van der Waals surface area contributed by atoms with E-state index in [1.807, 2.05) is 0 Å². The summed E-state index contributed by atoms with van der Waals surface area (Å²) in [6, 6.07) is 11.5. The Morgan fingerprint density at radius 2 is 1.63 bits per heavy atom. The second kappa shape index (κ2) is 7.05. The minimum Gasteiger partial charge on any atom is -0.495 e. The van der Waals surface area contributed by atoms with Crippen molar-refractivity contribution >= 4 is 33.2 Å². The number of hydrogen-bond donors (Lipinski definition) is 2. The van der Waals surface area contributed by atoms with Crippen molar-refractivity contribution < 1.29 is 13.2 Å². The zero-order valence-electron chi connectivity index (χ0n) is 14.6. The Morgan fingerprint density at radius 3 is 2.19 bits per heavy atom. The fourth-order valence-corrected chi connectivity index (χ4v) is 3.56. The summed E-state index contributed by atoms with van der Waals surface area (Å²) >= 11 is 6.23. The van der Waals surface area contributed by atoms with Gasteiger partial charge in [-0.2, -0.15) is 4.98 Å². The van der Waals surface area contributed by atoms with Gasteiger partial charge < -0.3 is 16.2 Å². The molecule has 27 heavy (non-hydrogen) atoms. The molecule has 1 aromatic heterocycles. The molecule has 0 aliphatic carbocycles. The van der Waals surface area contributed by atoms with Crippen LogP contribution in [0.4, 0.5) is 11.8 Å². The first-order valence-electron chi connectivity index (χ1n) is 7.78. The van der Waals surface area contributed by atoms with Crippen molar-refractivity contribution in [2.75, 3.05) is 24.8 Å². The van der Waals surface area contributed by atoms with Crippen molar-refractivity contribution in [3.8, 4) is 28.1 Å². The van der Waals surface area contributed by atoms with Crippen LogP contribution in [0.3, 0.4) is 0 Å². The first-order chi connectivity index (χ1) is 12.7. The number of methoxy groups -OCH3 is 1. The van der Waals surface area contributed by atoms with Gasteiger partial charge in [-0.1, -0.05) is 29.8 Å². The average Bonchev–Trinajstić information content (AvgIpc) is 2.60. The SMILES string of the molecule is COc1ccc(-c2c(N)nc(N)nc2-c2ccc(S(C)(=O)=O)cc2)cc1Cl. The predicted octanol–water partition coefficient (Wildman–Crippen LogP) is 3.04. The third-order valence-corrected chi connectivity index (χ3v) is 5.37. The maximum Gasteiger partial charge on any atom is 0.222 e. The predicted molar refractivity (Wildman–Crippen MR) is 106 cm³/mol. The van der Waals surface area contributed by atoms with Gasteiger partial charge in [0.05, 0.1) is 28.3 Å². The standard InChI is InChI=1S/C18H17ClN4O3S/c1-26-14-8-5-11(9-13(14)19)15-16(22-18(21)23-17(15)20)10-3-6-12(7-4-10)27(2,24)25/h3-9H,1-2H3,(H4,20,21,22,23). The van der Waals surface area contributed by atoms with Gasteiger partial charge in [0.25, 0.3) is 0 Å². The van der Waals surface area contributed by atoms with Crippen LogP contribution in [0.25, 0.3) is 22.4 Å². The minimum absolute atomic E-state index is 0.0121. The number of nitrogen functional groups attached to an aromatic ring is 2. The summed E-state index contributed by atoms with van der Waals surface area (Å²) < 4.78 is 28.5. The molecular weight excluding hydrogens is 388 g/mol. The second-order valence-electron chi connectivity index (χ2n) is 5.84. The van der Waals surface area contributed by atoms with Crippen LogP contribution in [0, 0.1) is 0 Å². The number of aromatic nitrogens is 2. The van der Waals surface area contributed by atoms with Gasteiger partial charge in [-0.25, -0.2) is 13.4 Å². The summed E-state index contributed by atoms with van der Waals surface area (Å²) in [6.07, 6.45) is 1.15. The Hall–Kier alpha value is -2.84. The molecular formula is C18H17ClN4O3S. The van der Waals surface area contributed by atoms with E-state index in [4.69, 9.17) is 27.8 Å². The van der Waals surface area contributed by atoms with Crippen molar-refractivity contribution in [1.29, 1.82) is 0 Å². The van der Waals surface area contributed by atoms with E-state index in [0.717, 1.165) is 6.26 Å². The fourth-order valence-electron chi connectivity index (χ4n) is 2.67. The molecule has 3 aromatic rings. The maximum absolute atomic E-state index is 11.7. The van der Waals surface area contributed by atoms with Crippen LogP contribution in [-0.2, 0) is 9.84 Å². The van der Waals surface area contributed by atoms with Gasteiger partial charge in [-0.15, -0.1) is 0 Å². The van der Waals surface area contributed by atoms with E-state index >= 15 is 0 Å². The van der Waals surface area contributed by atoms with E-state index in [9.17, 15) is 8.42 Å².